The Bertz CT molecular complexity index is 1770. The zero-order chi connectivity index (χ0) is 29.6. The van der Waals surface area contributed by atoms with Crippen LogP contribution < -0.4 is 20.7 Å². The number of halogens is 4. The maximum absolute atomic E-state index is 16.8. The fourth-order valence-corrected chi connectivity index (χ4v) is 9.18. The Hall–Kier alpha value is -2.86. The number of rotatable bonds is 5. The number of alkyl halides is 1. The normalized spacial score (nSPS) is 27.1. The molecule has 43 heavy (non-hydrogen) atoms. The zero-order valence-corrected chi connectivity index (χ0v) is 25.3. The Kier molecular flexibility index (Phi) is 6.49. The molecular formula is C31H32ClF3N6OS. The highest BCUT2D eigenvalue weighted by Gasteiger charge is 2.49. The van der Waals surface area contributed by atoms with E-state index in [1.54, 1.807) is 19.1 Å². The number of thiophene rings is 1. The molecule has 7 nitrogen and oxygen atoms in total. The number of aryl methyl sites for hydroxylation is 1. The summed E-state index contributed by atoms with van der Waals surface area (Å²) in [4.78, 5) is 13.8. The van der Waals surface area contributed by atoms with Crippen molar-refractivity contribution in [3.63, 3.8) is 0 Å². The largest absolute Gasteiger partial charge is 0.461 e. The van der Waals surface area contributed by atoms with Gasteiger partial charge in [-0.2, -0.15) is 9.97 Å². The first kappa shape index (κ1) is 27.7. The lowest BCUT2D eigenvalue weighted by molar-refractivity contribution is 0.107. The summed E-state index contributed by atoms with van der Waals surface area (Å²) in [7, 11) is 0. The minimum atomic E-state index is -0.891. The van der Waals surface area contributed by atoms with Gasteiger partial charge in [0, 0.05) is 54.5 Å². The van der Waals surface area contributed by atoms with Crippen LogP contribution in [0.2, 0.25) is 5.02 Å². The van der Waals surface area contributed by atoms with E-state index >= 15 is 4.39 Å². The van der Waals surface area contributed by atoms with E-state index in [1.165, 1.54) is 6.07 Å². The average molecular weight is 629 g/mol. The third-order valence-corrected chi connectivity index (χ3v) is 11.4. The summed E-state index contributed by atoms with van der Waals surface area (Å²) in [5.74, 6) is -0.477. The lowest BCUT2D eigenvalue weighted by atomic mass is 9.95. The number of nitrogens with two attached hydrogens (primary N) is 1. The monoisotopic (exact) mass is 628 g/mol. The summed E-state index contributed by atoms with van der Waals surface area (Å²) >= 11 is 8.00. The van der Waals surface area contributed by atoms with Gasteiger partial charge in [-0.3, -0.25) is 4.90 Å². The Morgan fingerprint density at radius 3 is 2.77 bits per heavy atom. The van der Waals surface area contributed by atoms with Crippen molar-refractivity contribution >= 4 is 54.7 Å². The minimum absolute atomic E-state index is 0.0595. The summed E-state index contributed by atoms with van der Waals surface area (Å²) in [5, 5.41) is 5.30. The molecule has 4 aliphatic rings. The maximum atomic E-state index is 16.8. The highest BCUT2D eigenvalue weighted by Crippen LogP contribution is 2.46. The second kappa shape index (κ2) is 10.1. The van der Waals surface area contributed by atoms with Gasteiger partial charge in [-0.05, 0) is 62.4 Å². The predicted molar refractivity (Wildman–Crippen MR) is 165 cm³/mol. The molecule has 8 rings (SSSR count). The van der Waals surface area contributed by atoms with E-state index in [0.29, 0.717) is 62.5 Å². The summed E-state index contributed by atoms with van der Waals surface area (Å²) in [5.41, 5.74) is 7.11. The Balaban J connectivity index is 1.28. The smallest absolute Gasteiger partial charge is 0.319 e. The zero-order valence-electron chi connectivity index (χ0n) is 23.7. The maximum Gasteiger partial charge on any atom is 0.319 e. The number of nitrogen functional groups attached to an aromatic ring is 1. The summed E-state index contributed by atoms with van der Waals surface area (Å²) in [6.07, 6.45) is 3.48. The fourth-order valence-electron chi connectivity index (χ4n) is 7.88. The molecule has 2 bridgehead atoms. The molecule has 0 aliphatic carbocycles. The molecular weight excluding hydrogens is 597 g/mol. The van der Waals surface area contributed by atoms with Crippen LogP contribution >= 0.6 is 22.9 Å². The summed E-state index contributed by atoms with van der Waals surface area (Å²) in [6, 6.07) is 5.26. The molecule has 4 aliphatic heterocycles. The van der Waals surface area contributed by atoms with Crippen LogP contribution in [-0.4, -0.2) is 71.4 Å². The molecule has 6 heterocycles. The van der Waals surface area contributed by atoms with Gasteiger partial charge < -0.3 is 20.7 Å². The standard InChI is InChI=1S/C31H32ClF3N6OS/c1-15-23-19(5-6-22(34)27(23)43-28(15)36)24-21(32)9-20-26(25(24)35)38-30(39-29(20)40-12-17-3-4-18(13-40)37-17)42-14-31-7-2-8-41(31)11-16(33)10-31/h5-6,9,16-18,37H,2-4,7-8,10-14,36H2,1H3/t16-,17?,18?,31+/m1/s1. The second-order valence-electron chi connectivity index (χ2n) is 12.6. The molecule has 2 aromatic heterocycles. The number of aromatic nitrogens is 2. The number of hydrogen-bond donors (Lipinski definition) is 2. The topological polar surface area (TPSA) is 79.5 Å². The first-order valence-corrected chi connectivity index (χ1v) is 16.1. The highest BCUT2D eigenvalue weighted by atomic mass is 35.5. The van der Waals surface area contributed by atoms with Crippen LogP contribution in [0.5, 0.6) is 6.01 Å². The fraction of sp³-hybridized carbons (Fsp3) is 0.484. The van der Waals surface area contributed by atoms with Crippen molar-refractivity contribution in [1.82, 2.24) is 20.2 Å². The van der Waals surface area contributed by atoms with E-state index in [2.05, 4.69) is 20.1 Å². The van der Waals surface area contributed by atoms with Crippen LogP contribution in [0.25, 0.3) is 32.1 Å². The van der Waals surface area contributed by atoms with E-state index in [1.807, 2.05) is 0 Å². The Labute approximate surface area is 256 Å². The van der Waals surface area contributed by atoms with E-state index in [-0.39, 0.29) is 28.7 Å². The number of nitrogens with zero attached hydrogens (tertiary/aromatic N) is 4. The highest BCUT2D eigenvalue weighted by molar-refractivity contribution is 7.23. The molecule has 3 N–H and O–H groups in total. The van der Waals surface area contributed by atoms with Crippen molar-refractivity contribution in [1.29, 1.82) is 0 Å². The van der Waals surface area contributed by atoms with Gasteiger partial charge in [0.2, 0.25) is 0 Å². The first-order valence-electron chi connectivity index (χ1n) is 14.9. The summed E-state index contributed by atoms with van der Waals surface area (Å²) in [6.45, 7) is 4.72. The van der Waals surface area contributed by atoms with Gasteiger partial charge in [0.05, 0.1) is 20.3 Å². The number of fused-ring (bicyclic) bond motifs is 5. The predicted octanol–water partition coefficient (Wildman–Crippen LogP) is 6.23. The lowest BCUT2D eigenvalue weighted by Crippen LogP contribution is -2.51. The van der Waals surface area contributed by atoms with Crippen molar-refractivity contribution in [3.8, 4) is 17.1 Å². The third-order valence-electron chi connectivity index (χ3n) is 9.92. The van der Waals surface area contributed by atoms with Gasteiger partial charge in [0.1, 0.15) is 29.9 Å². The van der Waals surface area contributed by atoms with Gasteiger partial charge in [-0.25, -0.2) is 13.2 Å². The van der Waals surface area contributed by atoms with Crippen LogP contribution in [0.1, 0.15) is 37.7 Å². The van der Waals surface area contributed by atoms with Gasteiger partial charge >= 0.3 is 6.01 Å². The Morgan fingerprint density at radius 1 is 1.19 bits per heavy atom. The Morgan fingerprint density at radius 2 is 1.98 bits per heavy atom. The number of ether oxygens (including phenoxy) is 1. The quantitative estimate of drug-likeness (QED) is 0.271. The second-order valence-corrected chi connectivity index (χ2v) is 14.0. The third kappa shape index (κ3) is 4.37. The molecule has 4 aromatic rings. The number of nitrogens with one attached hydrogen (secondary N) is 1. The molecule has 4 saturated heterocycles. The summed E-state index contributed by atoms with van der Waals surface area (Å²) < 4.78 is 52.7. The van der Waals surface area contributed by atoms with Crippen molar-refractivity contribution < 1.29 is 17.9 Å². The molecule has 0 amide bonds. The molecule has 2 aromatic carbocycles. The number of piperazine rings is 1. The molecule has 4 atom stereocenters. The van der Waals surface area contributed by atoms with Crippen LogP contribution in [-0.2, 0) is 0 Å². The van der Waals surface area contributed by atoms with Gasteiger partial charge in [-0.15, -0.1) is 11.3 Å². The van der Waals surface area contributed by atoms with Gasteiger partial charge in [0.15, 0.2) is 5.82 Å². The van der Waals surface area contributed by atoms with Crippen molar-refractivity contribution in [2.45, 2.75) is 62.8 Å². The molecule has 0 radical (unpaired) electrons. The number of anilines is 2. The number of hydrogen-bond acceptors (Lipinski definition) is 8. The van der Waals surface area contributed by atoms with E-state index in [4.69, 9.17) is 27.1 Å². The molecule has 226 valence electrons. The van der Waals surface area contributed by atoms with E-state index in [9.17, 15) is 8.78 Å². The molecule has 12 heteroatoms. The first-order chi connectivity index (χ1) is 20.7. The van der Waals surface area contributed by atoms with E-state index in [0.717, 1.165) is 56.7 Å². The SMILES string of the molecule is Cc1c(N)sc2c(F)ccc(-c3c(Cl)cc4c(N5CC6CCC(C5)N6)nc(OC[C@@]56CCCN5C[C@H](F)C6)nc4c3F)c12. The minimum Gasteiger partial charge on any atom is -0.461 e. The molecule has 2 unspecified atom stereocenters. The molecule has 4 fully saturated rings. The van der Waals surface area contributed by atoms with Crippen molar-refractivity contribution in [2.75, 3.05) is 43.4 Å². The van der Waals surface area contributed by atoms with Crippen LogP contribution in [0.4, 0.5) is 24.0 Å². The van der Waals surface area contributed by atoms with Gasteiger partial charge in [0.25, 0.3) is 0 Å². The number of benzene rings is 2. The average Bonchev–Trinajstić information content (AvgIpc) is 3.70. The van der Waals surface area contributed by atoms with Crippen LogP contribution in [0.15, 0.2) is 18.2 Å². The van der Waals surface area contributed by atoms with E-state index < -0.39 is 23.3 Å². The molecule has 0 spiro atoms. The van der Waals surface area contributed by atoms with Crippen molar-refractivity contribution in [2.24, 2.45) is 0 Å². The van der Waals surface area contributed by atoms with Crippen molar-refractivity contribution in [3.05, 3.63) is 40.4 Å². The van der Waals surface area contributed by atoms with Gasteiger partial charge in [-0.1, -0.05) is 17.7 Å². The molecule has 0 saturated carbocycles. The van der Waals surface area contributed by atoms with Crippen LogP contribution in [0.3, 0.4) is 0 Å². The lowest BCUT2D eigenvalue weighted by Gasteiger charge is -2.34. The van der Waals surface area contributed by atoms with Crippen LogP contribution in [0, 0.1) is 18.6 Å².